The summed E-state index contributed by atoms with van der Waals surface area (Å²) >= 11 is 3.28. The van der Waals surface area contributed by atoms with E-state index in [1.807, 2.05) is 31.2 Å². The number of ether oxygens (including phenoxy) is 1. The minimum atomic E-state index is -0.608. The Morgan fingerprint density at radius 2 is 2.12 bits per heavy atom. The molecule has 128 valence electrons. The number of halogens is 1. The highest BCUT2D eigenvalue weighted by Crippen LogP contribution is 2.32. The third-order valence-electron chi connectivity index (χ3n) is 4.15. The van der Waals surface area contributed by atoms with Crippen LogP contribution in [0.2, 0.25) is 0 Å². The Bertz CT molecular complexity index is 670. The van der Waals surface area contributed by atoms with Crippen molar-refractivity contribution in [2.24, 2.45) is 0 Å². The minimum Gasteiger partial charge on any atom is -0.466 e. The maximum Gasteiger partial charge on any atom is 0.333 e. The maximum absolute atomic E-state index is 12.5. The SMILES string of the molecule is C#CCCCC(C)(C(=O)CBr)c1cccc(/C=C(\C)C(=O)OC)c1. The Labute approximate surface area is 152 Å². The molecule has 0 aromatic heterocycles. The third-order valence-corrected chi connectivity index (χ3v) is 4.66. The fourth-order valence-corrected chi connectivity index (χ4v) is 3.20. The second-order valence-corrected chi connectivity index (χ2v) is 6.45. The molecule has 4 heteroatoms. The number of carbonyl (C=O) groups is 2. The number of hydrogen-bond acceptors (Lipinski definition) is 3. The van der Waals surface area contributed by atoms with Crippen LogP contribution in [-0.4, -0.2) is 24.2 Å². The minimum absolute atomic E-state index is 0.116. The number of rotatable bonds is 8. The molecule has 1 rings (SSSR count). The fraction of sp³-hybridized carbons (Fsp3) is 0.400. The predicted molar refractivity (Wildman–Crippen MR) is 101 cm³/mol. The fourth-order valence-electron chi connectivity index (χ4n) is 2.58. The molecule has 0 saturated heterocycles. The van der Waals surface area contributed by atoms with Crippen molar-refractivity contribution < 1.29 is 14.3 Å². The van der Waals surface area contributed by atoms with E-state index < -0.39 is 5.41 Å². The van der Waals surface area contributed by atoms with Gasteiger partial charge in [-0.3, -0.25) is 4.79 Å². The summed E-state index contributed by atoms with van der Waals surface area (Å²) in [5.74, 6) is 2.37. The number of carbonyl (C=O) groups excluding carboxylic acids is 2. The lowest BCUT2D eigenvalue weighted by Crippen LogP contribution is -2.33. The van der Waals surface area contributed by atoms with Gasteiger partial charge in [-0.1, -0.05) is 40.2 Å². The molecule has 0 aliphatic heterocycles. The molecule has 0 aliphatic carbocycles. The van der Waals surface area contributed by atoms with Gasteiger partial charge in [0.1, 0.15) is 0 Å². The molecule has 3 nitrogen and oxygen atoms in total. The predicted octanol–water partition coefficient (Wildman–Crippen LogP) is 4.29. The van der Waals surface area contributed by atoms with Gasteiger partial charge >= 0.3 is 5.97 Å². The molecule has 0 heterocycles. The van der Waals surface area contributed by atoms with E-state index in [1.165, 1.54) is 7.11 Å². The van der Waals surface area contributed by atoms with Crippen LogP contribution in [0.4, 0.5) is 0 Å². The molecular formula is C20H23BrO3. The van der Waals surface area contributed by atoms with Crippen LogP contribution in [-0.2, 0) is 19.7 Å². The molecule has 0 spiro atoms. The molecule has 1 aromatic rings. The maximum atomic E-state index is 12.5. The molecular weight excluding hydrogens is 368 g/mol. The van der Waals surface area contributed by atoms with Gasteiger partial charge in [0, 0.05) is 12.0 Å². The van der Waals surface area contributed by atoms with Crippen molar-refractivity contribution in [3.8, 4) is 12.3 Å². The zero-order chi connectivity index (χ0) is 18.2. The lowest BCUT2D eigenvalue weighted by Gasteiger charge is -2.28. The highest BCUT2D eigenvalue weighted by atomic mass is 79.9. The molecule has 24 heavy (non-hydrogen) atoms. The van der Waals surface area contributed by atoms with Crippen molar-refractivity contribution in [1.82, 2.24) is 0 Å². The van der Waals surface area contributed by atoms with Gasteiger partial charge in [0.05, 0.1) is 17.9 Å². The van der Waals surface area contributed by atoms with E-state index in [1.54, 1.807) is 13.0 Å². The zero-order valence-electron chi connectivity index (χ0n) is 14.4. The number of Topliss-reactive ketones (excluding diaryl/α,β-unsaturated/α-hetero) is 1. The van der Waals surface area contributed by atoms with Gasteiger partial charge in [0.25, 0.3) is 0 Å². The topological polar surface area (TPSA) is 43.4 Å². The number of hydrogen-bond donors (Lipinski definition) is 0. The van der Waals surface area contributed by atoms with E-state index >= 15 is 0 Å². The lowest BCUT2D eigenvalue weighted by atomic mass is 9.75. The van der Waals surface area contributed by atoms with Crippen molar-refractivity contribution in [2.75, 3.05) is 12.4 Å². The van der Waals surface area contributed by atoms with Crippen LogP contribution < -0.4 is 0 Å². The average Bonchev–Trinajstić information content (AvgIpc) is 2.60. The second kappa shape index (κ2) is 9.44. The van der Waals surface area contributed by atoms with Gasteiger partial charge in [-0.05, 0) is 43.9 Å². The lowest BCUT2D eigenvalue weighted by molar-refractivity contribution is -0.135. The Hall–Kier alpha value is -1.86. The summed E-state index contributed by atoms with van der Waals surface area (Å²) in [6.07, 6.45) is 9.20. The number of methoxy groups -OCH3 is 1. The molecule has 0 amide bonds. The van der Waals surface area contributed by atoms with Gasteiger partial charge < -0.3 is 4.74 Å². The third kappa shape index (κ3) is 5.07. The van der Waals surface area contributed by atoms with Crippen molar-refractivity contribution in [1.29, 1.82) is 0 Å². The first-order valence-electron chi connectivity index (χ1n) is 7.79. The Morgan fingerprint density at radius 3 is 2.71 bits per heavy atom. The first-order valence-corrected chi connectivity index (χ1v) is 8.91. The number of terminal acetylenes is 1. The molecule has 0 saturated carbocycles. The number of alkyl halides is 1. The van der Waals surface area contributed by atoms with E-state index in [0.717, 1.165) is 17.5 Å². The Morgan fingerprint density at radius 1 is 1.42 bits per heavy atom. The molecule has 1 aromatic carbocycles. The Balaban J connectivity index is 3.21. The normalized spacial score (nSPS) is 13.7. The number of esters is 1. The summed E-state index contributed by atoms with van der Waals surface area (Å²) < 4.78 is 4.72. The highest BCUT2D eigenvalue weighted by molar-refractivity contribution is 9.09. The molecule has 0 bridgehead atoms. The van der Waals surface area contributed by atoms with E-state index in [9.17, 15) is 9.59 Å². The first kappa shape index (κ1) is 20.2. The smallest absolute Gasteiger partial charge is 0.333 e. The summed E-state index contributed by atoms with van der Waals surface area (Å²) in [4.78, 5) is 24.1. The van der Waals surface area contributed by atoms with E-state index in [4.69, 9.17) is 11.2 Å². The number of ketones is 1. The van der Waals surface area contributed by atoms with Gasteiger partial charge in [0.2, 0.25) is 0 Å². The van der Waals surface area contributed by atoms with Gasteiger partial charge in [-0.15, -0.1) is 12.3 Å². The Kier molecular flexibility index (Phi) is 7.94. The standard InChI is InChI=1S/C20H23BrO3/c1-5-6-7-11-20(3,18(22)14-21)17-10-8-9-16(13-17)12-15(2)19(23)24-4/h1,8-10,12-13H,6-7,11,14H2,2-4H3/b15-12+. The van der Waals surface area contributed by atoms with Crippen molar-refractivity contribution in [3.05, 3.63) is 41.0 Å². The van der Waals surface area contributed by atoms with E-state index in [2.05, 4.69) is 21.9 Å². The van der Waals surface area contributed by atoms with Crippen molar-refractivity contribution in [2.45, 2.75) is 38.5 Å². The van der Waals surface area contributed by atoms with Gasteiger partial charge in [-0.25, -0.2) is 4.79 Å². The summed E-state index contributed by atoms with van der Waals surface area (Å²) in [5, 5.41) is 0.292. The van der Waals surface area contributed by atoms with Gasteiger partial charge in [-0.2, -0.15) is 0 Å². The zero-order valence-corrected chi connectivity index (χ0v) is 16.0. The first-order chi connectivity index (χ1) is 11.4. The van der Waals surface area contributed by atoms with Crippen LogP contribution >= 0.6 is 15.9 Å². The molecule has 0 radical (unpaired) electrons. The summed E-state index contributed by atoms with van der Waals surface area (Å²) in [6, 6.07) is 7.69. The highest BCUT2D eigenvalue weighted by Gasteiger charge is 2.33. The summed E-state index contributed by atoms with van der Waals surface area (Å²) in [6.45, 7) is 3.65. The van der Waals surface area contributed by atoms with E-state index in [0.29, 0.717) is 23.7 Å². The second-order valence-electron chi connectivity index (χ2n) is 5.89. The summed E-state index contributed by atoms with van der Waals surface area (Å²) in [7, 11) is 1.35. The van der Waals surface area contributed by atoms with Gasteiger partial charge in [0.15, 0.2) is 5.78 Å². The quantitative estimate of drug-likeness (QED) is 0.218. The number of benzene rings is 1. The summed E-state index contributed by atoms with van der Waals surface area (Å²) in [5.41, 5.74) is 1.69. The van der Waals surface area contributed by atoms with Crippen molar-refractivity contribution in [3.63, 3.8) is 0 Å². The number of unbranched alkanes of at least 4 members (excludes halogenated alkanes) is 1. The van der Waals surface area contributed by atoms with Crippen LogP contribution in [0.3, 0.4) is 0 Å². The van der Waals surface area contributed by atoms with Crippen LogP contribution in [0.25, 0.3) is 6.08 Å². The molecule has 1 unspecified atom stereocenters. The molecule has 0 N–H and O–H groups in total. The largest absolute Gasteiger partial charge is 0.466 e. The van der Waals surface area contributed by atoms with Crippen molar-refractivity contribution >= 4 is 33.8 Å². The van der Waals surface area contributed by atoms with Crippen LogP contribution in [0, 0.1) is 12.3 Å². The molecule has 0 fully saturated rings. The molecule has 0 aliphatic rings. The monoisotopic (exact) mass is 390 g/mol. The van der Waals surface area contributed by atoms with E-state index in [-0.39, 0.29) is 11.8 Å². The van der Waals surface area contributed by atoms with Crippen LogP contribution in [0.5, 0.6) is 0 Å². The average molecular weight is 391 g/mol. The molecule has 1 atom stereocenters. The van der Waals surface area contributed by atoms with Crippen LogP contribution in [0.1, 0.15) is 44.2 Å². The van der Waals surface area contributed by atoms with Crippen LogP contribution in [0.15, 0.2) is 29.8 Å².